The number of amides is 1. The average molecular weight is 300 g/mol. The molecule has 3 heterocycles. The molecule has 0 radical (unpaired) electrons. The maximum atomic E-state index is 11.3. The molecule has 1 atom stereocenters. The Morgan fingerprint density at radius 1 is 1.27 bits per heavy atom. The number of ether oxygens (including phenoxy) is 1. The molecule has 2 fully saturated rings. The van der Waals surface area contributed by atoms with Crippen molar-refractivity contribution < 1.29 is 9.53 Å². The zero-order valence-electron chi connectivity index (χ0n) is 12.5. The number of hydrogen-bond acceptors (Lipinski definition) is 4. The quantitative estimate of drug-likeness (QED) is 0.890. The Bertz CT molecular complexity index is 665. The number of benzene rings is 1. The molecule has 1 aromatic carbocycles. The van der Waals surface area contributed by atoms with Crippen LogP contribution in [-0.2, 0) is 11.3 Å². The predicted molar refractivity (Wildman–Crippen MR) is 82.4 cm³/mol. The molecule has 6 heteroatoms. The molecule has 2 aliphatic heterocycles. The predicted octanol–water partition coefficient (Wildman–Crippen LogP) is 2.03. The van der Waals surface area contributed by atoms with Gasteiger partial charge in [0.15, 0.2) is 0 Å². The van der Waals surface area contributed by atoms with Gasteiger partial charge in [0, 0.05) is 13.0 Å². The minimum atomic E-state index is -0.292. The van der Waals surface area contributed by atoms with Gasteiger partial charge in [-0.25, -0.2) is 9.78 Å². The van der Waals surface area contributed by atoms with E-state index in [2.05, 4.69) is 20.2 Å². The summed E-state index contributed by atoms with van der Waals surface area (Å²) < 4.78 is 5.52. The van der Waals surface area contributed by atoms with E-state index in [0.717, 1.165) is 55.8 Å². The van der Waals surface area contributed by atoms with Gasteiger partial charge in [-0.3, -0.25) is 4.90 Å². The smallest absolute Gasteiger partial charge is 0.407 e. The van der Waals surface area contributed by atoms with Crippen molar-refractivity contribution >= 4 is 17.1 Å². The molecule has 2 aromatic rings. The summed E-state index contributed by atoms with van der Waals surface area (Å²) in [6, 6.07) is 8.09. The van der Waals surface area contributed by atoms with E-state index < -0.39 is 0 Å². The molecule has 22 heavy (non-hydrogen) atoms. The van der Waals surface area contributed by atoms with Crippen LogP contribution in [0.25, 0.3) is 11.0 Å². The lowest BCUT2D eigenvalue weighted by Crippen LogP contribution is -2.34. The molecule has 1 aromatic heterocycles. The van der Waals surface area contributed by atoms with Crippen LogP contribution in [0, 0.1) is 0 Å². The number of nitrogens with one attached hydrogen (secondary N) is 2. The van der Waals surface area contributed by atoms with Gasteiger partial charge < -0.3 is 15.0 Å². The Morgan fingerprint density at radius 3 is 3.00 bits per heavy atom. The van der Waals surface area contributed by atoms with Crippen LogP contribution in [0.15, 0.2) is 24.3 Å². The van der Waals surface area contributed by atoms with Gasteiger partial charge in [0.1, 0.15) is 11.4 Å². The Labute approximate surface area is 128 Å². The first kappa shape index (κ1) is 13.6. The number of carbonyl (C=O) groups is 1. The number of imidazole rings is 1. The van der Waals surface area contributed by atoms with Crippen LogP contribution in [0.3, 0.4) is 0 Å². The zero-order chi connectivity index (χ0) is 15.0. The molecule has 2 saturated heterocycles. The standard InChI is InChI=1S/C16H20N4O2/c21-15-17-11-16(22-15)6-3-8-20(9-7-16)10-14-18-12-4-1-2-5-13(12)19-14/h1-2,4-5H,3,6-11H2,(H,17,21)(H,18,19)/t16-/m0/s1. The molecule has 116 valence electrons. The van der Waals surface area contributed by atoms with E-state index in [1.807, 2.05) is 24.3 Å². The summed E-state index contributed by atoms with van der Waals surface area (Å²) in [5, 5.41) is 2.79. The van der Waals surface area contributed by atoms with Gasteiger partial charge in [-0.15, -0.1) is 0 Å². The first-order valence-corrected chi connectivity index (χ1v) is 7.85. The first-order valence-electron chi connectivity index (χ1n) is 7.85. The highest BCUT2D eigenvalue weighted by molar-refractivity contribution is 5.74. The fourth-order valence-electron chi connectivity index (χ4n) is 3.45. The lowest BCUT2D eigenvalue weighted by Gasteiger charge is -2.24. The third-order valence-electron chi connectivity index (χ3n) is 4.67. The lowest BCUT2D eigenvalue weighted by molar-refractivity contribution is 0.0442. The summed E-state index contributed by atoms with van der Waals surface area (Å²) in [4.78, 5) is 21.8. The number of aromatic amines is 1. The van der Waals surface area contributed by atoms with Crippen LogP contribution < -0.4 is 5.32 Å². The number of alkyl carbamates (subject to hydrolysis) is 1. The molecule has 1 amide bonds. The Kier molecular flexibility index (Phi) is 3.26. The molecule has 4 rings (SSSR count). The molecule has 0 unspecified atom stereocenters. The van der Waals surface area contributed by atoms with Crippen molar-refractivity contribution in [2.24, 2.45) is 0 Å². The normalized spacial score (nSPS) is 26.1. The molecular formula is C16H20N4O2. The van der Waals surface area contributed by atoms with Crippen LogP contribution >= 0.6 is 0 Å². The molecule has 6 nitrogen and oxygen atoms in total. The van der Waals surface area contributed by atoms with Crippen LogP contribution in [0.4, 0.5) is 4.79 Å². The molecule has 0 bridgehead atoms. The SMILES string of the molecule is O=C1NC[C@@]2(CCCN(Cc3nc4ccccc4[nH]3)CC2)O1. The minimum absolute atomic E-state index is 0.272. The fourth-order valence-corrected chi connectivity index (χ4v) is 3.45. The Morgan fingerprint density at radius 2 is 2.18 bits per heavy atom. The number of H-pyrrole nitrogens is 1. The fraction of sp³-hybridized carbons (Fsp3) is 0.500. The second-order valence-corrected chi connectivity index (χ2v) is 6.26. The van der Waals surface area contributed by atoms with Gasteiger partial charge in [-0.2, -0.15) is 0 Å². The van der Waals surface area contributed by atoms with E-state index in [4.69, 9.17) is 4.74 Å². The van der Waals surface area contributed by atoms with Crippen molar-refractivity contribution in [2.75, 3.05) is 19.6 Å². The first-order chi connectivity index (χ1) is 10.7. The third-order valence-corrected chi connectivity index (χ3v) is 4.67. The number of rotatable bonds is 2. The van der Waals surface area contributed by atoms with E-state index in [-0.39, 0.29) is 11.7 Å². The van der Waals surface area contributed by atoms with Crippen molar-refractivity contribution in [3.05, 3.63) is 30.1 Å². The van der Waals surface area contributed by atoms with E-state index >= 15 is 0 Å². The van der Waals surface area contributed by atoms with E-state index in [1.54, 1.807) is 0 Å². The summed E-state index contributed by atoms with van der Waals surface area (Å²) in [5.41, 5.74) is 1.80. The molecule has 2 aliphatic rings. The number of carbonyl (C=O) groups excluding carboxylic acids is 1. The molecule has 1 spiro atoms. The molecule has 0 saturated carbocycles. The van der Waals surface area contributed by atoms with Crippen molar-refractivity contribution in [1.82, 2.24) is 20.2 Å². The van der Waals surface area contributed by atoms with Crippen LogP contribution in [0.2, 0.25) is 0 Å². The highest BCUT2D eigenvalue weighted by atomic mass is 16.6. The van der Waals surface area contributed by atoms with Gasteiger partial charge in [0.2, 0.25) is 0 Å². The second kappa shape index (κ2) is 5.28. The average Bonchev–Trinajstić information content (AvgIpc) is 3.02. The highest BCUT2D eigenvalue weighted by Gasteiger charge is 2.41. The van der Waals surface area contributed by atoms with Gasteiger partial charge in [-0.1, -0.05) is 12.1 Å². The summed E-state index contributed by atoms with van der Waals surface area (Å²) in [6.07, 6.45) is 2.58. The van der Waals surface area contributed by atoms with Crippen molar-refractivity contribution in [3.63, 3.8) is 0 Å². The van der Waals surface area contributed by atoms with Crippen LogP contribution in [0.1, 0.15) is 25.1 Å². The van der Waals surface area contributed by atoms with Gasteiger partial charge in [0.05, 0.1) is 24.1 Å². The Balaban J connectivity index is 1.44. The number of nitrogens with zero attached hydrogens (tertiary/aromatic N) is 2. The topological polar surface area (TPSA) is 70.2 Å². The number of aromatic nitrogens is 2. The number of para-hydroxylation sites is 2. The van der Waals surface area contributed by atoms with E-state index in [9.17, 15) is 4.79 Å². The van der Waals surface area contributed by atoms with Gasteiger partial charge >= 0.3 is 6.09 Å². The zero-order valence-corrected chi connectivity index (χ0v) is 12.5. The van der Waals surface area contributed by atoms with Gasteiger partial charge in [-0.05, 0) is 31.5 Å². The number of hydrogen-bond donors (Lipinski definition) is 2. The van der Waals surface area contributed by atoms with Crippen molar-refractivity contribution in [2.45, 2.75) is 31.4 Å². The molecule has 0 aliphatic carbocycles. The summed E-state index contributed by atoms with van der Waals surface area (Å²) in [5.74, 6) is 0.999. The Hall–Kier alpha value is -2.08. The van der Waals surface area contributed by atoms with E-state index in [1.165, 1.54) is 0 Å². The van der Waals surface area contributed by atoms with Crippen molar-refractivity contribution in [3.8, 4) is 0 Å². The highest BCUT2D eigenvalue weighted by Crippen LogP contribution is 2.29. The molecular weight excluding hydrogens is 280 g/mol. The second-order valence-electron chi connectivity index (χ2n) is 6.26. The summed E-state index contributed by atoms with van der Waals surface area (Å²) in [7, 11) is 0. The van der Waals surface area contributed by atoms with E-state index in [0.29, 0.717) is 6.54 Å². The van der Waals surface area contributed by atoms with Gasteiger partial charge in [0.25, 0.3) is 0 Å². The largest absolute Gasteiger partial charge is 0.441 e. The summed E-state index contributed by atoms with van der Waals surface area (Å²) in [6.45, 7) is 3.39. The maximum Gasteiger partial charge on any atom is 0.407 e. The van der Waals surface area contributed by atoms with Crippen LogP contribution in [-0.4, -0.2) is 46.2 Å². The van der Waals surface area contributed by atoms with Crippen LogP contribution in [0.5, 0.6) is 0 Å². The third kappa shape index (κ3) is 2.54. The maximum absolute atomic E-state index is 11.3. The van der Waals surface area contributed by atoms with Crippen molar-refractivity contribution in [1.29, 1.82) is 0 Å². The summed E-state index contributed by atoms with van der Waals surface area (Å²) >= 11 is 0. The molecule has 2 N–H and O–H groups in total. The monoisotopic (exact) mass is 300 g/mol. The lowest BCUT2D eigenvalue weighted by atomic mass is 9.95. The number of likely N-dealkylation sites (tertiary alicyclic amines) is 1. The number of fused-ring (bicyclic) bond motifs is 1. The minimum Gasteiger partial charge on any atom is -0.441 e.